The maximum atomic E-state index is 12.8. The second-order valence-electron chi connectivity index (χ2n) is 6.85. The van der Waals surface area contributed by atoms with Crippen molar-refractivity contribution in [1.29, 1.82) is 0 Å². The van der Waals surface area contributed by atoms with E-state index < -0.39 is 11.8 Å². The first-order chi connectivity index (χ1) is 14.1. The molecule has 2 N–H and O–H groups in total. The molecule has 8 nitrogen and oxygen atoms in total. The van der Waals surface area contributed by atoms with E-state index in [0.717, 1.165) is 16.6 Å². The number of Topliss-reactive ketones (excluding diaryl/α,β-unsaturated/α-hetero) is 1. The average Bonchev–Trinajstić information content (AvgIpc) is 3.29. The summed E-state index contributed by atoms with van der Waals surface area (Å²) < 4.78 is 5.81. The Morgan fingerprint density at radius 1 is 1.24 bits per heavy atom. The molecule has 5 rings (SSSR count). The first kappa shape index (κ1) is 17.2. The lowest BCUT2D eigenvalue weighted by Crippen LogP contribution is -2.32. The minimum atomic E-state index is -1.30. The molecule has 0 unspecified atom stereocenters. The van der Waals surface area contributed by atoms with Gasteiger partial charge in [-0.25, -0.2) is 9.78 Å². The highest BCUT2D eigenvalue weighted by atomic mass is 16.5. The van der Waals surface area contributed by atoms with E-state index in [1.165, 1.54) is 0 Å². The molecule has 0 aromatic carbocycles. The van der Waals surface area contributed by atoms with Crippen molar-refractivity contribution in [2.45, 2.75) is 13.0 Å². The normalized spacial score (nSPS) is 17.7. The number of fused-ring (bicyclic) bond motifs is 2. The van der Waals surface area contributed by atoms with Crippen LogP contribution in [0.15, 0.2) is 60.1 Å². The highest BCUT2D eigenvalue weighted by Gasteiger charge is 2.39. The van der Waals surface area contributed by atoms with Gasteiger partial charge >= 0.3 is 5.97 Å². The zero-order valence-corrected chi connectivity index (χ0v) is 15.3. The van der Waals surface area contributed by atoms with Gasteiger partial charge in [0, 0.05) is 54.7 Å². The molecule has 0 atom stereocenters. The SMILES string of the molecule is O=C(O)C1=C(N2CCc3ncccc3C2)OC(=Cc2c[nH]c3ncccc23)C1=O. The van der Waals surface area contributed by atoms with Crippen molar-refractivity contribution in [2.24, 2.45) is 0 Å². The van der Waals surface area contributed by atoms with E-state index in [9.17, 15) is 14.7 Å². The number of aliphatic carboxylic acids is 1. The molecule has 0 saturated carbocycles. The Kier molecular flexibility index (Phi) is 3.90. The van der Waals surface area contributed by atoms with Gasteiger partial charge < -0.3 is 19.7 Å². The molecule has 0 amide bonds. The molecule has 3 aromatic heterocycles. The van der Waals surface area contributed by atoms with Crippen molar-refractivity contribution in [1.82, 2.24) is 19.9 Å². The van der Waals surface area contributed by atoms with Gasteiger partial charge in [0.05, 0.1) is 0 Å². The lowest BCUT2D eigenvalue weighted by Gasteiger charge is -2.29. The average molecular weight is 388 g/mol. The summed E-state index contributed by atoms with van der Waals surface area (Å²) in [5.41, 5.74) is 3.01. The smallest absolute Gasteiger partial charge is 0.345 e. The lowest BCUT2D eigenvalue weighted by atomic mass is 10.1. The highest BCUT2D eigenvalue weighted by Crippen LogP contribution is 2.33. The maximum absolute atomic E-state index is 12.8. The Hall–Kier alpha value is -3.94. The molecule has 0 aliphatic carbocycles. The van der Waals surface area contributed by atoms with Gasteiger partial charge in [0.1, 0.15) is 5.65 Å². The number of ether oxygens (including phenoxy) is 1. The summed E-state index contributed by atoms with van der Waals surface area (Å²) in [4.78, 5) is 38.0. The Morgan fingerprint density at radius 2 is 2.07 bits per heavy atom. The van der Waals surface area contributed by atoms with Gasteiger partial charge in [0.2, 0.25) is 11.7 Å². The largest absolute Gasteiger partial charge is 0.477 e. The number of carbonyl (C=O) groups excluding carboxylic acids is 1. The summed E-state index contributed by atoms with van der Waals surface area (Å²) in [5, 5.41) is 10.5. The summed E-state index contributed by atoms with van der Waals surface area (Å²) in [7, 11) is 0. The van der Waals surface area contributed by atoms with Crippen LogP contribution in [0.1, 0.15) is 16.8 Å². The van der Waals surface area contributed by atoms with Crippen LogP contribution < -0.4 is 0 Å². The van der Waals surface area contributed by atoms with E-state index in [1.807, 2.05) is 18.2 Å². The van der Waals surface area contributed by atoms with Crippen molar-refractivity contribution >= 4 is 28.9 Å². The van der Waals surface area contributed by atoms with Crippen LogP contribution in [0.4, 0.5) is 0 Å². The number of carboxylic acids is 1. The predicted octanol–water partition coefficient (Wildman–Crippen LogP) is 2.25. The van der Waals surface area contributed by atoms with Crippen molar-refractivity contribution in [3.8, 4) is 0 Å². The number of H-pyrrole nitrogens is 1. The number of carboxylic acid groups (broad SMARTS) is 1. The summed E-state index contributed by atoms with van der Waals surface area (Å²) in [6, 6.07) is 7.45. The molecule has 8 heteroatoms. The van der Waals surface area contributed by atoms with Crippen molar-refractivity contribution < 1.29 is 19.4 Å². The number of hydrogen-bond acceptors (Lipinski definition) is 6. The van der Waals surface area contributed by atoms with Gasteiger partial charge in [-0.2, -0.15) is 0 Å². The molecule has 0 saturated heterocycles. The molecule has 0 radical (unpaired) electrons. The van der Waals surface area contributed by atoms with Crippen molar-refractivity contribution in [3.05, 3.63) is 76.9 Å². The third kappa shape index (κ3) is 2.85. The van der Waals surface area contributed by atoms with E-state index in [0.29, 0.717) is 30.7 Å². The number of nitrogens with zero attached hydrogens (tertiary/aromatic N) is 3. The van der Waals surface area contributed by atoms with Crippen LogP contribution in [0.25, 0.3) is 17.1 Å². The van der Waals surface area contributed by atoms with Gasteiger partial charge in [-0.1, -0.05) is 6.07 Å². The standard InChI is InChI=1S/C21H16N4O4/c26-18-16(9-13-10-24-19-14(13)4-2-7-23-19)29-20(17(18)21(27)28)25-8-5-15-12(11-25)3-1-6-22-15/h1-4,6-7,9-10H,5,8,11H2,(H,23,24)(H,27,28). The predicted molar refractivity (Wildman–Crippen MR) is 103 cm³/mol. The van der Waals surface area contributed by atoms with Gasteiger partial charge in [0.25, 0.3) is 0 Å². The Balaban J connectivity index is 1.51. The molecule has 29 heavy (non-hydrogen) atoms. The van der Waals surface area contributed by atoms with E-state index in [1.54, 1.807) is 35.6 Å². The van der Waals surface area contributed by atoms with Crippen molar-refractivity contribution in [3.63, 3.8) is 0 Å². The minimum Gasteiger partial charge on any atom is -0.477 e. The number of ketones is 1. The molecule has 144 valence electrons. The number of aromatic nitrogens is 3. The second kappa shape index (κ2) is 6.59. The molecule has 3 aromatic rings. The summed E-state index contributed by atoms with van der Waals surface area (Å²) in [5.74, 6) is -1.87. The number of carbonyl (C=O) groups is 2. The fourth-order valence-corrected chi connectivity index (χ4v) is 3.71. The number of allylic oxidation sites excluding steroid dienone is 1. The second-order valence-corrected chi connectivity index (χ2v) is 6.85. The van der Waals surface area contributed by atoms with Crippen LogP contribution in [0.5, 0.6) is 0 Å². The topological polar surface area (TPSA) is 108 Å². The molecule has 0 bridgehead atoms. The highest BCUT2D eigenvalue weighted by molar-refractivity contribution is 6.26. The van der Waals surface area contributed by atoms with Crippen LogP contribution in [0, 0.1) is 0 Å². The quantitative estimate of drug-likeness (QED) is 0.523. The third-order valence-electron chi connectivity index (χ3n) is 5.11. The van der Waals surface area contributed by atoms with Gasteiger partial charge in [-0.3, -0.25) is 9.78 Å². The monoisotopic (exact) mass is 388 g/mol. The van der Waals surface area contributed by atoms with Crippen molar-refractivity contribution in [2.75, 3.05) is 6.54 Å². The molecular formula is C21H16N4O4. The van der Waals surface area contributed by atoms with E-state index in [4.69, 9.17) is 4.74 Å². The van der Waals surface area contributed by atoms with Crippen LogP contribution >= 0.6 is 0 Å². The van der Waals surface area contributed by atoms with Crippen LogP contribution in [0.3, 0.4) is 0 Å². The molecule has 2 aliphatic rings. The fraction of sp³-hybridized carbons (Fsp3) is 0.143. The van der Waals surface area contributed by atoms with Gasteiger partial charge in [0.15, 0.2) is 11.3 Å². The number of hydrogen-bond donors (Lipinski definition) is 2. The minimum absolute atomic E-state index is 0.0147. The summed E-state index contributed by atoms with van der Waals surface area (Å²) in [6.45, 7) is 0.959. The molecule has 5 heterocycles. The Morgan fingerprint density at radius 3 is 2.93 bits per heavy atom. The Labute approximate surface area is 165 Å². The number of pyridine rings is 2. The first-order valence-corrected chi connectivity index (χ1v) is 9.13. The molecule has 0 fully saturated rings. The number of rotatable bonds is 3. The van der Waals surface area contributed by atoms with E-state index in [-0.39, 0.29) is 17.2 Å². The summed E-state index contributed by atoms with van der Waals surface area (Å²) >= 11 is 0. The van der Waals surface area contributed by atoms with Crippen LogP contribution in [-0.4, -0.2) is 43.3 Å². The molecular weight excluding hydrogens is 372 g/mol. The molecule has 2 aliphatic heterocycles. The van der Waals surface area contributed by atoms with Crippen LogP contribution in [-0.2, 0) is 27.3 Å². The maximum Gasteiger partial charge on any atom is 0.345 e. The van der Waals surface area contributed by atoms with Crippen LogP contribution in [0.2, 0.25) is 0 Å². The van der Waals surface area contributed by atoms with E-state index in [2.05, 4.69) is 15.0 Å². The lowest BCUT2D eigenvalue weighted by molar-refractivity contribution is -0.134. The number of aromatic amines is 1. The first-order valence-electron chi connectivity index (χ1n) is 9.13. The van der Waals surface area contributed by atoms with E-state index >= 15 is 0 Å². The third-order valence-corrected chi connectivity index (χ3v) is 5.11. The zero-order chi connectivity index (χ0) is 20.0. The zero-order valence-electron chi connectivity index (χ0n) is 15.3. The Bertz CT molecular complexity index is 1220. The number of nitrogens with one attached hydrogen (secondary N) is 1. The fourth-order valence-electron chi connectivity index (χ4n) is 3.71. The summed E-state index contributed by atoms with van der Waals surface area (Å²) in [6.07, 6.45) is 7.32. The van der Waals surface area contributed by atoms with Gasteiger partial charge in [-0.05, 0) is 29.8 Å². The van der Waals surface area contributed by atoms with Gasteiger partial charge in [-0.15, -0.1) is 0 Å². The molecule has 0 spiro atoms.